The molecule has 17 heteroatoms. The molecule has 1 aliphatic heterocycles. The fraction of sp³-hybridized carbons (Fsp3) is 0.500. The summed E-state index contributed by atoms with van der Waals surface area (Å²) in [5.41, 5.74) is 7.21. The van der Waals surface area contributed by atoms with Crippen LogP contribution in [0, 0.1) is 17.0 Å². The van der Waals surface area contributed by atoms with Crippen molar-refractivity contribution in [2.75, 3.05) is 57.6 Å². The van der Waals surface area contributed by atoms with Gasteiger partial charge >= 0.3 is 6.09 Å². The second-order valence-electron chi connectivity index (χ2n) is 17.7. The Morgan fingerprint density at radius 1 is 0.921 bits per heavy atom. The molecule has 0 bridgehead atoms. The number of rotatable bonds is 26. The summed E-state index contributed by atoms with van der Waals surface area (Å²) in [6, 6.07) is 15.2. The second kappa shape index (κ2) is 24.3. The monoisotopic (exact) mass is 911 g/mol. The van der Waals surface area contributed by atoms with Gasteiger partial charge in [-0.25, -0.2) is 13.6 Å². The van der Waals surface area contributed by atoms with Crippen LogP contribution in [0.3, 0.4) is 0 Å². The maximum Gasteiger partial charge on any atom is 0.404 e. The number of primary amides is 1. The molecule has 1 unspecified atom stereocenters. The number of benzene rings is 2. The molecule has 1 aromatic heterocycles. The van der Waals surface area contributed by atoms with Gasteiger partial charge in [0.25, 0.3) is 11.8 Å². The van der Waals surface area contributed by atoms with E-state index in [1.807, 2.05) is 61.7 Å². The smallest absolute Gasteiger partial charge is 0.404 e. The van der Waals surface area contributed by atoms with Gasteiger partial charge in [0, 0.05) is 81.5 Å². The molecular formula is C46H63F2N5O8SSi. The summed E-state index contributed by atoms with van der Waals surface area (Å²) in [7, 11) is -1.54. The first-order valence-corrected chi connectivity index (χ1v) is 26.2. The number of carbonyl (C=O) groups is 5. The number of nitrogens with zero attached hydrogens (tertiary/aromatic N) is 3. The third kappa shape index (κ3) is 17.0. The van der Waals surface area contributed by atoms with Gasteiger partial charge in [-0.3, -0.25) is 24.1 Å². The molecule has 3 N–H and O–H groups in total. The standard InChI is InChI=1S/C46H63F2N5O8SSi/c1-46(2,3)44(39-28-34(37-29-35(47)12-13-38(37)48)31-51(39)30-33-10-8-7-9-11-33)53(20-16-36(61-45(49)58)18-27-63(4,5)6)43(57)32-62-26-17-40(54)50-19-22-59-24-25-60-23-21-52-41(55)14-15-42(52)56/h7-15,28-29,31,36,44H,16-27,30,32H2,1-6H3,(H2,49,58)(H,50,54)/t36?,44-/m0/s1. The Morgan fingerprint density at radius 3 is 2.25 bits per heavy atom. The zero-order valence-corrected chi connectivity index (χ0v) is 39.1. The van der Waals surface area contributed by atoms with Crippen molar-refractivity contribution >= 4 is 49.6 Å². The SMILES string of the molecule is CC(C)(C)[C@H](c1cc(-c2cc(F)ccc2F)cn1Cc1ccccc1)N(CCC(CC[Si](C)(C)C)OC(N)=O)C(=O)CSCCC(=O)NCCOCCOCCN1C(=O)C=CC1=O. The first-order valence-electron chi connectivity index (χ1n) is 21.3. The highest BCUT2D eigenvalue weighted by atomic mass is 32.2. The van der Waals surface area contributed by atoms with Gasteiger partial charge in [0.15, 0.2) is 0 Å². The predicted molar refractivity (Wildman–Crippen MR) is 244 cm³/mol. The van der Waals surface area contributed by atoms with E-state index in [0.717, 1.165) is 34.3 Å². The Bertz CT molecular complexity index is 2020. The molecule has 13 nitrogen and oxygen atoms in total. The van der Waals surface area contributed by atoms with E-state index in [-0.39, 0.29) is 87.4 Å². The molecule has 63 heavy (non-hydrogen) atoms. The highest BCUT2D eigenvalue weighted by molar-refractivity contribution is 7.99. The van der Waals surface area contributed by atoms with E-state index < -0.39 is 43.4 Å². The molecule has 0 spiro atoms. The van der Waals surface area contributed by atoms with Gasteiger partial charge in [-0.1, -0.05) is 76.8 Å². The van der Waals surface area contributed by atoms with Crippen LogP contribution in [0.5, 0.6) is 0 Å². The van der Waals surface area contributed by atoms with Crippen LogP contribution >= 0.6 is 11.8 Å². The van der Waals surface area contributed by atoms with E-state index in [0.29, 0.717) is 30.7 Å². The number of imide groups is 1. The number of thioether (sulfide) groups is 1. The molecule has 2 aromatic carbocycles. The van der Waals surface area contributed by atoms with Gasteiger partial charge in [-0.05, 0) is 41.7 Å². The van der Waals surface area contributed by atoms with E-state index in [1.165, 1.54) is 30.0 Å². The Kier molecular flexibility index (Phi) is 19.6. The van der Waals surface area contributed by atoms with Crippen molar-refractivity contribution in [1.29, 1.82) is 0 Å². The highest BCUT2D eigenvalue weighted by Crippen LogP contribution is 2.42. The lowest BCUT2D eigenvalue weighted by atomic mass is 9.82. The van der Waals surface area contributed by atoms with Gasteiger partial charge in [-0.15, -0.1) is 0 Å². The molecule has 0 aliphatic carbocycles. The van der Waals surface area contributed by atoms with Crippen LogP contribution in [0.2, 0.25) is 25.7 Å². The maximum absolute atomic E-state index is 15.3. The van der Waals surface area contributed by atoms with Crippen LogP contribution in [0.25, 0.3) is 11.1 Å². The van der Waals surface area contributed by atoms with E-state index in [1.54, 1.807) is 11.1 Å². The summed E-state index contributed by atoms with van der Waals surface area (Å²) in [4.78, 5) is 65.4. The molecule has 4 rings (SSSR count). The van der Waals surface area contributed by atoms with Crippen molar-refractivity contribution in [3.63, 3.8) is 0 Å². The lowest BCUT2D eigenvalue weighted by molar-refractivity contribution is -0.138. The van der Waals surface area contributed by atoms with E-state index in [9.17, 15) is 28.4 Å². The van der Waals surface area contributed by atoms with Gasteiger partial charge in [0.2, 0.25) is 11.8 Å². The Balaban J connectivity index is 1.45. The molecule has 3 aromatic rings. The van der Waals surface area contributed by atoms with Crippen molar-refractivity contribution in [1.82, 2.24) is 19.7 Å². The maximum atomic E-state index is 15.3. The molecule has 5 amide bonds. The summed E-state index contributed by atoms with van der Waals surface area (Å²) in [5, 5.41) is 2.82. The van der Waals surface area contributed by atoms with Crippen LogP contribution in [0.1, 0.15) is 57.3 Å². The number of nitrogens with one attached hydrogen (secondary N) is 1. The molecule has 1 aliphatic rings. The highest BCUT2D eigenvalue weighted by Gasteiger charge is 2.38. The third-order valence-corrected chi connectivity index (χ3v) is 13.0. The third-order valence-electron chi connectivity index (χ3n) is 10.3. The zero-order valence-electron chi connectivity index (χ0n) is 37.3. The second-order valence-corrected chi connectivity index (χ2v) is 24.5. The quantitative estimate of drug-likeness (QED) is 0.0483. The molecule has 0 saturated heterocycles. The predicted octanol–water partition coefficient (Wildman–Crippen LogP) is 7.18. The molecule has 0 radical (unpaired) electrons. The van der Waals surface area contributed by atoms with Crippen LogP contribution in [-0.2, 0) is 39.9 Å². The molecule has 2 atom stereocenters. The number of hydrogen-bond donors (Lipinski definition) is 2. The van der Waals surface area contributed by atoms with Gasteiger partial charge in [-0.2, -0.15) is 11.8 Å². The summed E-state index contributed by atoms with van der Waals surface area (Å²) in [5.74, 6) is -1.83. The molecular weight excluding hydrogens is 849 g/mol. The lowest BCUT2D eigenvalue weighted by Gasteiger charge is -2.41. The summed E-state index contributed by atoms with van der Waals surface area (Å²) in [6.45, 7) is 14.8. The van der Waals surface area contributed by atoms with E-state index in [2.05, 4.69) is 25.0 Å². The van der Waals surface area contributed by atoms with Crippen molar-refractivity contribution in [3.05, 3.63) is 95.8 Å². The first kappa shape index (κ1) is 50.8. The Hall–Kier alpha value is -4.84. The Labute approximate surface area is 375 Å². The molecule has 0 fully saturated rings. The number of hydrogen-bond acceptors (Lipinski definition) is 9. The van der Waals surface area contributed by atoms with Crippen LogP contribution < -0.4 is 11.1 Å². The fourth-order valence-electron chi connectivity index (χ4n) is 7.20. The van der Waals surface area contributed by atoms with Gasteiger partial charge in [0.05, 0.1) is 44.8 Å². The average molecular weight is 912 g/mol. The van der Waals surface area contributed by atoms with Crippen molar-refractivity contribution in [3.8, 4) is 11.1 Å². The first-order chi connectivity index (χ1) is 29.8. The minimum Gasteiger partial charge on any atom is -0.446 e. The van der Waals surface area contributed by atoms with Crippen molar-refractivity contribution in [2.24, 2.45) is 11.1 Å². The molecule has 344 valence electrons. The van der Waals surface area contributed by atoms with Crippen molar-refractivity contribution < 1.29 is 47.0 Å². The van der Waals surface area contributed by atoms with Crippen molar-refractivity contribution in [2.45, 2.75) is 84.4 Å². The Morgan fingerprint density at radius 2 is 1.60 bits per heavy atom. The summed E-state index contributed by atoms with van der Waals surface area (Å²) in [6.07, 6.45) is 3.93. The number of aromatic nitrogens is 1. The molecule has 0 saturated carbocycles. The van der Waals surface area contributed by atoms with E-state index >= 15 is 4.39 Å². The largest absolute Gasteiger partial charge is 0.446 e. The van der Waals surface area contributed by atoms with Crippen LogP contribution in [0.15, 0.2) is 72.9 Å². The summed E-state index contributed by atoms with van der Waals surface area (Å²) >= 11 is 1.33. The number of ether oxygens (including phenoxy) is 3. The number of halogens is 2. The van der Waals surface area contributed by atoms with Crippen LogP contribution in [0.4, 0.5) is 13.6 Å². The number of amides is 5. The average Bonchev–Trinajstić information content (AvgIpc) is 3.76. The minimum absolute atomic E-state index is 0.0561. The normalized spacial score (nSPS) is 13.9. The topological polar surface area (TPSA) is 162 Å². The number of nitrogens with two attached hydrogens (primary N) is 1. The summed E-state index contributed by atoms with van der Waals surface area (Å²) < 4.78 is 48.4. The lowest BCUT2D eigenvalue weighted by Crippen LogP contribution is -2.44. The fourth-order valence-corrected chi connectivity index (χ4v) is 9.20. The van der Waals surface area contributed by atoms with Crippen LogP contribution in [-0.4, -0.2) is 116 Å². The van der Waals surface area contributed by atoms with Gasteiger partial charge < -0.3 is 34.7 Å². The zero-order chi connectivity index (χ0) is 46.2. The minimum atomic E-state index is -1.54. The van der Waals surface area contributed by atoms with E-state index in [4.69, 9.17) is 19.9 Å². The van der Waals surface area contributed by atoms with Gasteiger partial charge in [0.1, 0.15) is 17.7 Å². The molecule has 2 heterocycles. The number of carbonyl (C=O) groups excluding carboxylic acids is 5.